The molecule has 2 aromatic carbocycles. The van der Waals surface area contributed by atoms with Crippen molar-refractivity contribution in [1.82, 2.24) is 24.6 Å². The van der Waals surface area contributed by atoms with E-state index >= 15 is 0 Å². The summed E-state index contributed by atoms with van der Waals surface area (Å²) >= 11 is 1.47. The number of carbonyl (C=O) groups excluding carboxylic acids is 1. The molecule has 32 heavy (non-hydrogen) atoms. The first-order chi connectivity index (χ1) is 15.5. The van der Waals surface area contributed by atoms with Gasteiger partial charge in [0, 0.05) is 45.3 Å². The quantitative estimate of drug-likeness (QED) is 0.534. The van der Waals surface area contributed by atoms with Crippen LogP contribution in [0.3, 0.4) is 0 Å². The Balaban J connectivity index is 1.31. The number of thioether (sulfide) groups is 1. The van der Waals surface area contributed by atoms with Crippen LogP contribution in [0, 0.1) is 13.8 Å². The Kier molecular flexibility index (Phi) is 7.27. The molecule has 1 saturated heterocycles. The van der Waals surface area contributed by atoms with Crippen molar-refractivity contribution in [3.05, 3.63) is 65.2 Å². The van der Waals surface area contributed by atoms with Gasteiger partial charge in [0.1, 0.15) is 0 Å². The van der Waals surface area contributed by atoms with Gasteiger partial charge < -0.3 is 9.47 Å². The normalized spacial score (nSPS) is 15.0. The molecule has 0 aliphatic carbocycles. The molecular weight excluding hydrogens is 418 g/mol. The third kappa shape index (κ3) is 5.40. The second-order valence-corrected chi connectivity index (χ2v) is 9.40. The molecule has 168 valence electrons. The van der Waals surface area contributed by atoms with Gasteiger partial charge in [-0.15, -0.1) is 10.2 Å². The van der Waals surface area contributed by atoms with Gasteiger partial charge in [-0.25, -0.2) is 0 Å². The third-order valence-corrected chi connectivity index (χ3v) is 7.04. The highest BCUT2D eigenvalue weighted by Crippen LogP contribution is 2.23. The maximum Gasteiger partial charge on any atom is 0.233 e. The molecule has 0 unspecified atom stereocenters. The number of nitrogens with zero attached hydrogens (tertiary/aromatic N) is 5. The zero-order valence-electron chi connectivity index (χ0n) is 19.1. The topological polar surface area (TPSA) is 54.3 Å². The van der Waals surface area contributed by atoms with E-state index in [1.807, 2.05) is 28.6 Å². The monoisotopic (exact) mass is 449 g/mol. The fourth-order valence-corrected chi connectivity index (χ4v) is 4.91. The molecule has 3 aromatic rings. The predicted octanol–water partition coefficient (Wildman–Crippen LogP) is 3.93. The minimum Gasteiger partial charge on any atom is -0.341 e. The molecule has 6 nitrogen and oxygen atoms in total. The van der Waals surface area contributed by atoms with E-state index in [9.17, 15) is 4.79 Å². The van der Waals surface area contributed by atoms with Crippen LogP contribution in [-0.4, -0.2) is 62.4 Å². The molecule has 0 bridgehead atoms. The van der Waals surface area contributed by atoms with Crippen molar-refractivity contribution in [3.63, 3.8) is 0 Å². The van der Waals surface area contributed by atoms with Crippen molar-refractivity contribution in [3.8, 4) is 11.4 Å². The first-order valence-electron chi connectivity index (χ1n) is 11.1. The highest BCUT2D eigenvalue weighted by molar-refractivity contribution is 7.99. The minimum atomic E-state index is 0.174. The summed E-state index contributed by atoms with van der Waals surface area (Å²) in [7, 11) is 1.96. The summed E-state index contributed by atoms with van der Waals surface area (Å²) in [5.41, 5.74) is 4.93. The Morgan fingerprint density at radius 1 is 1.00 bits per heavy atom. The zero-order valence-corrected chi connectivity index (χ0v) is 19.9. The van der Waals surface area contributed by atoms with Crippen LogP contribution >= 0.6 is 11.8 Å². The molecule has 1 aliphatic heterocycles. The summed E-state index contributed by atoms with van der Waals surface area (Å²) in [5, 5.41) is 9.44. The number of rotatable bonds is 6. The molecule has 0 N–H and O–H groups in total. The fraction of sp³-hybridized carbons (Fsp3) is 0.400. The van der Waals surface area contributed by atoms with Crippen LogP contribution in [0.5, 0.6) is 0 Å². The molecule has 1 aromatic heterocycles. The second-order valence-electron chi connectivity index (χ2n) is 8.46. The van der Waals surface area contributed by atoms with Crippen molar-refractivity contribution >= 4 is 17.7 Å². The van der Waals surface area contributed by atoms with E-state index in [2.05, 4.69) is 65.3 Å². The van der Waals surface area contributed by atoms with Crippen molar-refractivity contribution in [1.29, 1.82) is 0 Å². The minimum absolute atomic E-state index is 0.174. The largest absolute Gasteiger partial charge is 0.341 e. The first-order valence-corrected chi connectivity index (χ1v) is 12.1. The summed E-state index contributed by atoms with van der Waals surface area (Å²) in [5.74, 6) is 1.38. The summed E-state index contributed by atoms with van der Waals surface area (Å²) in [6.07, 6.45) is 1.00. The highest BCUT2D eigenvalue weighted by atomic mass is 32.2. The Hall–Kier alpha value is -2.64. The molecule has 1 aliphatic rings. The van der Waals surface area contributed by atoms with E-state index in [-0.39, 0.29) is 5.91 Å². The third-order valence-electron chi connectivity index (χ3n) is 6.03. The van der Waals surface area contributed by atoms with E-state index in [0.717, 1.165) is 55.7 Å². The van der Waals surface area contributed by atoms with E-state index in [4.69, 9.17) is 0 Å². The van der Waals surface area contributed by atoms with Gasteiger partial charge in [0.2, 0.25) is 5.91 Å². The van der Waals surface area contributed by atoms with E-state index in [1.165, 1.54) is 28.5 Å². The van der Waals surface area contributed by atoms with Gasteiger partial charge in [-0.05, 0) is 37.5 Å². The maximum absolute atomic E-state index is 12.9. The molecule has 7 heteroatoms. The average molecular weight is 450 g/mol. The van der Waals surface area contributed by atoms with Gasteiger partial charge in [-0.1, -0.05) is 59.8 Å². The molecule has 1 fully saturated rings. The number of amides is 1. The lowest BCUT2D eigenvalue weighted by molar-refractivity contribution is -0.128. The van der Waals surface area contributed by atoms with Gasteiger partial charge in [-0.3, -0.25) is 9.69 Å². The second kappa shape index (κ2) is 10.3. The summed E-state index contributed by atoms with van der Waals surface area (Å²) in [4.78, 5) is 17.4. The van der Waals surface area contributed by atoms with Crippen molar-refractivity contribution in [2.75, 3.05) is 31.9 Å². The van der Waals surface area contributed by atoms with Gasteiger partial charge in [0.25, 0.3) is 0 Å². The number of benzene rings is 2. The lowest BCUT2D eigenvalue weighted by atomic mass is 10.1. The van der Waals surface area contributed by atoms with Crippen LogP contribution in [0.2, 0.25) is 0 Å². The predicted molar refractivity (Wildman–Crippen MR) is 130 cm³/mol. The molecule has 0 atom stereocenters. The summed E-state index contributed by atoms with van der Waals surface area (Å²) < 4.78 is 1.97. The van der Waals surface area contributed by atoms with Gasteiger partial charge in [0.15, 0.2) is 11.0 Å². The Morgan fingerprint density at radius 2 is 1.84 bits per heavy atom. The molecule has 1 amide bonds. The molecule has 0 radical (unpaired) electrons. The Morgan fingerprint density at radius 3 is 2.66 bits per heavy atom. The van der Waals surface area contributed by atoms with Gasteiger partial charge >= 0.3 is 0 Å². The van der Waals surface area contributed by atoms with Crippen molar-refractivity contribution in [2.45, 2.75) is 32.0 Å². The average Bonchev–Trinajstić information content (AvgIpc) is 2.99. The van der Waals surface area contributed by atoms with Crippen LogP contribution in [-0.2, 0) is 18.4 Å². The first kappa shape index (κ1) is 22.6. The van der Waals surface area contributed by atoms with Gasteiger partial charge in [-0.2, -0.15) is 0 Å². The fourth-order valence-electron chi connectivity index (χ4n) is 4.10. The lowest BCUT2D eigenvalue weighted by Gasteiger charge is -2.22. The molecule has 0 spiro atoms. The van der Waals surface area contributed by atoms with Crippen LogP contribution < -0.4 is 0 Å². The zero-order chi connectivity index (χ0) is 22.5. The van der Waals surface area contributed by atoms with Crippen molar-refractivity contribution < 1.29 is 4.79 Å². The van der Waals surface area contributed by atoms with E-state index < -0.39 is 0 Å². The SMILES string of the molecule is Cc1cccc(-c2nnc(SCC(=O)N3CCCN(Cc4ccccc4C)CC3)n2C)c1. The van der Waals surface area contributed by atoms with Crippen LogP contribution in [0.15, 0.2) is 53.7 Å². The Bertz CT molecular complexity index is 1080. The number of hydrogen-bond donors (Lipinski definition) is 0. The standard InChI is InChI=1S/C25H31N5OS/c1-19-8-6-11-21(16-19)24-26-27-25(28(24)3)32-18-23(31)30-13-7-12-29(14-15-30)17-22-10-5-4-9-20(22)2/h4-6,8-11,16H,7,12-15,17-18H2,1-3H3. The summed E-state index contributed by atoms with van der Waals surface area (Å²) in [6, 6.07) is 16.8. The molecule has 0 saturated carbocycles. The van der Waals surface area contributed by atoms with Crippen LogP contribution in [0.4, 0.5) is 0 Å². The Labute approximate surface area is 194 Å². The van der Waals surface area contributed by atoms with E-state index in [1.54, 1.807) is 0 Å². The van der Waals surface area contributed by atoms with E-state index in [0.29, 0.717) is 5.75 Å². The highest BCUT2D eigenvalue weighted by Gasteiger charge is 2.21. The number of hydrogen-bond acceptors (Lipinski definition) is 5. The lowest BCUT2D eigenvalue weighted by Crippen LogP contribution is -2.36. The number of aryl methyl sites for hydroxylation is 2. The van der Waals surface area contributed by atoms with Crippen molar-refractivity contribution in [2.24, 2.45) is 7.05 Å². The van der Waals surface area contributed by atoms with Crippen LogP contribution in [0.25, 0.3) is 11.4 Å². The van der Waals surface area contributed by atoms with Crippen LogP contribution in [0.1, 0.15) is 23.1 Å². The molecule has 4 rings (SSSR count). The molecule has 2 heterocycles. The smallest absolute Gasteiger partial charge is 0.233 e. The van der Waals surface area contributed by atoms with Gasteiger partial charge in [0.05, 0.1) is 5.75 Å². The number of aromatic nitrogens is 3. The maximum atomic E-state index is 12.9. The number of carbonyl (C=O) groups is 1. The summed E-state index contributed by atoms with van der Waals surface area (Å²) in [6.45, 7) is 8.70. The molecular formula is C25H31N5OS.